The first-order valence-electron chi connectivity index (χ1n) is 15.0. The van der Waals surface area contributed by atoms with Crippen LogP contribution >= 0.6 is 0 Å². The summed E-state index contributed by atoms with van der Waals surface area (Å²) in [7, 11) is 0. The molecule has 4 amide bonds. The zero-order chi connectivity index (χ0) is 36.6. The number of primary amides is 2. The molecule has 0 bridgehead atoms. The second-order valence-corrected chi connectivity index (χ2v) is 11.1. The number of nitrogen functional groups attached to an aromatic ring is 1. The van der Waals surface area contributed by atoms with E-state index in [-0.39, 0.29) is 37.1 Å². The molecule has 0 heterocycles. The maximum atomic E-state index is 13.9. The molecule has 15 nitrogen and oxygen atoms in total. The molecule has 0 aliphatic heterocycles. The van der Waals surface area contributed by atoms with Crippen molar-refractivity contribution >= 4 is 41.4 Å². The first kappa shape index (κ1) is 40.9. The van der Waals surface area contributed by atoms with Crippen LogP contribution in [0.25, 0.3) is 0 Å². The van der Waals surface area contributed by atoms with Crippen molar-refractivity contribution in [1.82, 2.24) is 15.5 Å². The minimum Gasteiger partial charge on any atom is -0.475 e. The van der Waals surface area contributed by atoms with Crippen LogP contribution in [0.1, 0.15) is 56.1 Å². The van der Waals surface area contributed by atoms with Gasteiger partial charge in [0.25, 0.3) is 0 Å². The van der Waals surface area contributed by atoms with Gasteiger partial charge < -0.3 is 43.6 Å². The van der Waals surface area contributed by atoms with E-state index in [9.17, 15) is 32.3 Å². The second-order valence-electron chi connectivity index (χ2n) is 11.1. The van der Waals surface area contributed by atoms with Crippen molar-refractivity contribution in [3.8, 4) is 0 Å². The molecule has 1 fully saturated rings. The summed E-state index contributed by atoms with van der Waals surface area (Å²) < 4.78 is 31.7. The third kappa shape index (κ3) is 13.7. The first-order chi connectivity index (χ1) is 22.4. The number of carboxylic acid groups (broad SMARTS) is 1. The van der Waals surface area contributed by atoms with E-state index in [0.717, 1.165) is 19.3 Å². The molecule has 0 radical (unpaired) electrons. The van der Waals surface area contributed by atoms with Crippen LogP contribution in [0, 0.1) is 22.7 Å². The number of halogens is 3. The summed E-state index contributed by atoms with van der Waals surface area (Å²) in [5.41, 5.74) is 23.2. The largest absolute Gasteiger partial charge is 0.490 e. The summed E-state index contributed by atoms with van der Waals surface area (Å²) in [5.74, 6) is -7.26. The third-order valence-corrected chi connectivity index (χ3v) is 7.54. The summed E-state index contributed by atoms with van der Waals surface area (Å²) in [6.07, 6.45) is 1.15. The summed E-state index contributed by atoms with van der Waals surface area (Å²) in [6.45, 7) is 4.06. The molecule has 3 atom stereocenters. The number of amidine groups is 1. The Morgan fingerprint density at radius 2 is 1.56 bits per heavy atom. The molecule has 2 rings (SSSR count). The maximum Gasteiger partial charge on any atom is 0.490 e. The number of hydrogen-bond donors (Lipinski definition) is 9. The number of amides is 4. The molecule has 0 spiro atoms. The van der Waals surface area contributed by atoms with Gasteiger partial charge in [-0.1, -0.05) is 49.6 Å². The van der Waals surface area contributed by atoms with Gasteiger partial charge in [0.05, 0.1) is 0 Å². The summed E-state index contributed by atoms with van der Waals surface area (Å²) in [5, 5.41) is 27.3. The number of aliphatic carboxylic acids is 1. The molecule has 13 N–H and O–H groups in total. The molecule has 1 aromatic rings. The highest BCUT2D eigenvalue weighted by Gasteiger charge is 2.41. The second kappa shape index (κ2) is 19.5. The van der Waals surface area contributed by atoms with E-state index in [2.05, 4.69) is 17.2 Å². The number of alkyl halides is 3. The number of benzene rings is 1. The lowest BCUT2D eigenvalue weighted by atomic mass is 9.82. The quantitative estimate of drug-likeness (QED) is 0.0384. The van der Waals surface area contributed by atoms with E-state index < -0.39 is 53.8 Å². The van der Waals surface area contributed by atoms with Crippen molar-refractivity contribution in [3.63, 3.8) is 0 Å². The number of nitrogens with zero attached hydrogens (tertiary/aromatic N) is 1. The Bertz CT molecular complexity index is 1320. The molecular formula is C30H44F3N9O6. The highest BCUT2D eigenvalue weighted by Crippen LogP contribution is 2.31. The topological polar surface area (TPSA) is 285 Å². The van der Waals surface area contributed by atoms with Gasteiger partial charge in [-0.25, -0.2) is 4.79 Å². The number of hydrogen-bond acceptors (Lipinski definition) is 7. The molecule has 1 aliphatic rings. The van der Waals surface area contributed by atoms with Crippen molar-refractivity contribution < 1.29 is 42.3 Å². The highest BCUT2D eigenvalue weighted by molar-refractivity contribution is 6.02. The fraction of sp³-hybridized carbons (Fsp3) is 0.500. The molecule has 1 saturated carbocycles. The van der Waals surface area contributed by atoms with E-state index in [1.165, 1.54) is 11.0 Å². The van der Waals surface area contributed by atoms with Gasteiger partial charge in [0, 0.05) is 18.7 Å². The van der Waals surface area contributed by atoms with Gasteiger partial charge in [0.15, 0.2) is 5.96 Å². The minimum atomic E-state index is -5.08. The van der Waals surface area contributed by atoms with E-state index in [1.54, 1.807) is 24.3 Å². The van der Waals surface area contributed by atoms with Gasteiger partial charge in [-0.3, -0.25) is 30.0 Å². The Morgan fingerprint density at radius 1 is 1.00 bits per heavy atom. The van der Waals surface area contributed by atoms with Crippen LogP contribution in [0.2, 0.25) is 0 Å². The molecule has 48 heavy (non-hydrogen) atoms. The Morgan fingerprint density at radius 3 is 2.00 bits per heavy atom. The van der Waals surface area contributed by atoms with Gasteiger partial charge in [0.2, 0.25) is 23.6 Å². The average molecular weight is 684 g/mol. The Kier molecular flexibility index (Phi) is 16.6. The summed E-state index contributed by atoms with van der Waals surface area (Å²) in [6, 6.07) is 4.60. The van der Waals surface area contributed by atoms with E-state index in [0.29, 0.717) is 36.9 Å². The fourth-order valence-electron chi connectivity index (χ4n) is 5.18. The van der Waals surface area contributed by atoms with E-state index >= 15 is 0 Å². The van der Waals surface area contributed by atoms with Crippen LogP contribution in [0.15, 0.2) is 36.9 Å². The van der Waals surface area contributed by atoms with Crippen molar-refractivity contribution in [3.05, 3.63) is 48.0 Å². The van der Waals surface area contributed by atoms with Crippen molar-refractivity contribution in [2.24, 2.45) is 34.8 Å². The number of carbonyl (C=O) groups excluding carboxylic acids is 4. The average Bonchev–Trinajstić information content (AvgIpc) is 3.01. The molecular weight excluding hydrogens is 639 g/mol. The smallest absolute Gasteiger partial charge is 0.475 e. The van der Waals surface area contributed by atoms with Crippen LogP contribution in [-0.4, -0.2) is 82.7 Å². The minimum absolute atomic E-state index is 0.00788. The number of nitrogens with two attached hydrogens (primary N) is 4. The summed E-state index contributed by atoms with van der Waals surface area (Å²) in [4.78, 5) is 62.8. The monoisotopic (exact) mass is 683 g/mol. The van der Waals surface area contributed by atoms with Crippen LogP contribution in [-0.2, 0) is 30.4 Å². The number of carboxylic acids is 1. The number of guanidine groups is 1. The van der Waals surface area contributed by atoms with Crippen LogP contribution < -0.4 is 33.6 Å². The lowest BCUT2D eigenvalue weighted by Gasteiger charge is -2.39. The van der Waals surface area contributed by atoms with Gasteiger partial charge in [0.1, 0.15) is 23.8 Å². The van der Waals surface area contributed by atoms with E-state index in [4.69, 9.17) is 43.7 Å². The molecule has 1 unspecified atom stereocenters. The predicted molar refractivity (Wildman–Crippen MR) is 170 cm³/mol. The fourth-order valence-corrected chi connectivity index (χ4v) is 5.18. The first-order valence-corrected chi connectivity index (χ1v) is 15.0. The van der Waals surface area contributed by atoms with Crippen LogP contribution in [0.5, 0.6) is 0 Å². The normalized spacial score (nSPS) is 14.9. The van der Waals surface area contributed by atoms with Crippen molar-refractivity contribution in [2.75, 3.05) is 13.1 Å². The van der Waals surface area contributed by atoms with E-state index in [1.807, 2.05) is 0 Å². The Balaban J connectivity index is 0.00000148. The van der Waals surface area contributed by atoms with Crippen molar-refractivity contribution in [1.29, 1.82) is 10.8 Å². The SMILES string of the molecule is C=CCN(C(=O)C(Cc1ccc(C(=N)N)cc1)C(N)=O)[C@H](C(=O)N[C@@H](CCCNC(=N)N)C(N)=O)C1CCCCC1.O=C(O)C(F)(F)F. The standard InChI is InChI=1S/C28H43N9O4.C2HF3O2/c1-2-15-37(27(41)20(24(31)38)16-17-10-12-19(13-11-17)23(29)30)22(18-7-4-3-5-8-18)26(40)36-21(25(32)39)9-6-14-35-28(33)34;3-2(4,5)1(6)7/h2,10-13,18,20-22H,1,3-9,14-16H2,(H3,29,30)(H2,31,38)(H2,32,39)(H,36,40)(H4,33,34,35);(H,6,7)/t20?,21-,22-;/m0./s1. The van der Waals surface area contributed by atoms with Gasteiger partial charge in [-0.05, 0) is 43.6 Å². The van der Waals surface area contributed by atoms with Gasteiger partial charge >= 0.3 is 12.1 Å². The van der Waals surface area contributed by atoms with Gasteiger partial charge in [-0.2, -0.15) is 13.2 Å². The summed E-state index contributed by atoms with van der Waals surface area (Å²) >= 11 is 0. The zero-order valence-electron chi connectivity index (χ0n) is 26.4. The van der Waals surface area contributed by atoms with Crippen LogP contribution in [0.4, 0.5) is 13.2 Å². The predicted octanol–water partition coefficient (Wildman–Crippen LogP) is 0.445. The Hall–Kier alpha value is -5.16. The lowest BCUT2D eigenvalue weighted by molar-refractivity contribution is -0.192. The van der Waals surface area contributed by atoms with Gasteiger partial charge in [-0.15, -0.1) is 6.58 Å². The third-order valence-electron chi connectivity index (χ3n) is 7.54. The molecule has 1 aromatic carbocycles. The molecule has 0 saturated heterocycles. The van der Waals surface area contributed by atoms with Crippen LogP contribution in [0.3, 0.4) is 0 Å². The lowest BCUT2D eigenvalue weighted by Crippen LogP contribution is -2.59. The Labute approximate surface area is 275 Å². The highest BCUT2D eigenvalue weighted by atomic mass is 19.4. The number of carbonyl (C=O) groups is 5. The zero-order valence-corrected chi connectivity index (χ0v) is 26.4. The number of rotatable bonds is 16. The molecule has 266 valence electrons. The molecule has 0 aromatic heterocycles. The number of nitrogens with one attached hydrogen (secondary N) is 4. The maximum absolute atomic E-state index is 13.9. The molecule has 18 heteroatoms. The van der Waals surface area contributed by atoms with Crippen molar-refractivity contribution in [2.45, 2.75) is 69.6 Å². The molecule has 1 aliphatic carbocycles.